The maximum absolute atomic E-state index is 13.4. The Morgan fingerprint density at radius 2 is 1.84 bits per heavy atom. The molecule has 1 aromatic heterocycles. The number of rotatable bonds is 5. The number of anilines is 1. The molecule has 1 saturated heterocycles. The fraction of sp³-hybridized carbons (Fsp3) is 0.304. The zero-order valence-corrected chi connectivity index (χ0v) is 17.4. The Morgan fingerprint density at radius 1 is 1.03 bits per heavy atom. The third-order valence-electron chi connectivity index (χ3n) is 5.38. The highest BCUT2D eigenvalue weighted by Gasteiger charge is 2.31. The van der Waals surface area contributed by atoms with Gasteiger partial charge in [0.15, 0.2) is 0 Å². The van der Waals surface area contributed by atoms with Crippen LogP contribution in [-0.4, -0.2) is 40.5 Å². The van der Waals surface area contributed by atoms with Crippen LogP contribution in [0.4, 0.5) is 23.4 Å². The van der Waals surface area contributed by atoms with Crippen molar-refractivity contribution in [1.82, 2.24) is 14.9 Å². The maximum Gasteiger partial charge on any atom is 0.416 e. The quantitative estimate of drug-likeness (QED) is 0.508. The van der Waals surface area contributed by atoms with Crippen LogP contribution in [0.25, 0.3) is 0 Å². The van der Waals surface area contributed by atoms with Crippen LogP contribution >= 0.6 is 0 Å². The lowest BCUT2D eigenvalue weighted by atomic mass is 10.1. The van der Waals surface area contributed by atoms with Crippen molar-refractivity contribution >= 4 is 5.82 Å². The first kappa shape index (κ1) is 22.0. The first-order valence-electron chi connectivity index (χ1n) is 10.2. The lowest BCUT2D eigenvalue weighted by Gasteiger charge is -2.40. The van der Waals surface area contributed by atoms with Gasteiger partial charge in [-0.25, -0.2) is 14.4 Å². The second-order valence-electron chi connectivity index (χ2n) is 7.74. The van der Waals surface area contributed by atoms with Crippen molar-refractivity contribution in [3.63, 3.8) is 0 Å². The number of hydrogen-bond donors (Lipinski definition) is 0. The molecule has 0 spiro atoms. The summed E-state index contributed by atoms with van der Waals surface area (Å²) in [6.07, 6.45) is -2.96. The summed E-state index contributed by atoms with van der Waals surface area (Å²) in [6.45, 7) is 4.44. The van der Waals surface area contributed by atoms with E-state index in [2.05, 4.69) is 19.8 Å². The molecule has 0 amide bonds. The highest BCUT2D eigenvalue weighted by Crippen LogP contribution is 2.30. The largest absolute Gasteiger partial charge is 0.439 e. The van der Waals surface area contributed by atoms with Crippen molar-refractivity contribution in [3.05, 3.63) is 77.9 Å². The molecule has 0 aliphatic carbocycles. The van der Waals surface area contributed by atoms with Crippen molar-refractivity contribution in [1.29, 1.82) is 0 Å². The molecule has 0 radical (unpaired) electrons. The molecule has 1 fully saturated rings. The number of hydrogen-bond acceptors (Lipinski definition) is 5. The number of aromatic nitrogens is 2. The molecule has 32 heavy (non-hydrogen) atoms. The van der Waals surface area contributed by atoms with Gasteiger partial charge in [0.1, 0.15) is 23.7 Å². The van der Waals surface area contributed by atoms with Gasteiger partial charge in [0.25, 0.3) is 0 Å². The molecule has 5 nitrogen and oxygen atoms in total. The predicted molar refractivity (Wildman–Crippen MR) is 112 cm³/mol. The SMILES string of the molecule is CC1CN(c2cc(Oc3cccc(F)c3)ncn2)CCN1Cc1cccc(C(F)(F)F)c1. The van der Waals surface area contributed by atoms with Crippen molar-refractivity contribution in [3.8, 4) is 11.6 Å². The second-order valence-corrected chi connectivity index (χ2v) is 7.74. The van der Waals surface area contributed by atoms with E-state index in [-0.39, 0.29) is 6.04 Å². The Morgan fingerprint density at radius 3 is 2.59 bits per heavy atom. The predicted octanol–water partition coefficient (Wildman–Crippen LogP) is 5.14. The van der Waals surface area contributed by atoms with E-state index >= 15 is 0 Å². The molecule has 1 aliphatic rings. The summed E-state index contributed by atoms with van der Waals surface area (Å²) in [4.78, 5) is 12.6. The van der Waals surface area contributed by atoms with Gasteiger partial charge in [0, 0.05) is 44.4 Å². The molecule has 1 aliphatic heterocycles. The minimum atomic E-state index is -4.35. The fourth-order valence-corrected chi connectivity index (χ4v) is 3.73. The Hall–Kier alpha value is -3.20. The third kappa shape index (κ3) is 5.34. The van der Waals surface area contributed by atoms with Crippen molar-refractivity contribution in [2.45, 2.75) is 25.7 Å². The molecule has 0 saturated carbocycles. The van der Waals surface area contributed by atoms with E-state index in [0.717, 1.165) is 6.07 Å². The van der Waals surface area contributed by atoms with E-state index in [9.17, 15) is 17.6 Å². The Bertz CT molecular complexity index is 1080. The van der Waals surface area contributed by atoms with Crippen LogP contribution in [0.3, 0.4) is 0 Å². The van der Waals surface area contributed by atoms with Gasteiger partial charge in [0.2, 0.25) is 5.88 Å². The molecular weight excluding hydrogens is 424 g/mol. The molecule has 0 N–H and O–H groups in total. The van der Waals surface area contributed by atoms with Crippen LogP contribution in [0, 0.1) is 5.82 Å². The molecule has 2 heterocycles. The summed E-state index contributed by atoms with van der Waals surface area (Å²) < 4.78 is 58.0. The lowest BCUT2D eigenvalue weighted by molar-refractivity contribution is -0.137. The summed E-state index contributed by atoms with van der Waals surface area (Å²) in [5.74, 6) is 0.924. The maximum atomic E-state index is 13.4. The van der Waals surface area contributed by atoms with E-state index in [1.807, 2.05) is 6.92 Å². The van der Waals surface area contributed by atoms with E-state index in [1.54, 1.807) is 24.3 Å². The molecule has 1 atom stereocenters. The molecule has 9 heteroatoms. The van der Waals surface area contributed by atoms with E-state index in [1.165, 1.54) is 30.6 Å². The monoisotopic (exact) mass is 446 g/mol. The van der Waals surface area contributed by atoms with Gasteiger partial charge in [-0.15, -0.1) is 0 Å². The first-order chi connectivity index (χ1) is 15.3. The Kier molecular flexibility index (Phi) is 6.27. The molecule has 2 aromatic carbocycles. The van der Waals surface area contributed by atoms with E-state index in [0.29, 0.717) is 49.2 Å². The molecule has 1 unspecified atom stereocenters. The molecular formula is C23H22F4N4O. The molecule has 0 bridgehead atoms. The fourth-order valence-electron chi connectivity index (χ4n) is 3.73. The molecule has 168 valence electrons. The van der Waals surface area contributed by atoms with Crippen LogP contribution in [0.1, 0.15) is 18.1 Å². The number of halogens is 4. The minimum absolute atomic E-state index is 0.0980. The Labute approximate surface area is 183 Å². The summed E-state index contributed by atoms with van der Waals surface area (Å²) in [6, 6.07) is 13.0. The summed E-state index contributed by atoms with van der Waals surface area (Å²) in [5.41, 5.74) is 0.000965. The second kappa shape index (κ2) is 9.12. The summed E-state index contributed by atoms with van der Waals surface area (Å²) >= 11 is 0. The zero-order valence-electron chi connectivity index (χ0n) is 17.4. The van der Waals surface area contributed by atoms with Crippen LogP contribution < -0.4 is 9.64 Å². The number of benzene rings is 2. The van der Waals surface area contributed by atoms with E-state index < -0.39 is 17.6 Å². The summed E-state index contributed by atoms with van der Waals surface area (Å²) in [7, 11) is 0. The average molecular weight is 446 g/mol. The minimum Gasteiger partial charge on any atom is -0.439 e. The van der Waals surface area contributed by atoms with Crippen molar-refractivity contribution in [2.75, 3.05) is 24.5 Å². The Balaban J connectivity index is 1.40. The van der Waals surface area contributed by atoms with Crippen molar-refractivity contribution < 1.29 is 22.3 Å². The number of alkyl halides is 3. The smallest absolute Gasteiger partial charge is 0.416 e. The highest BCUT2D eigenvalue weighted by atomic mass is 19.4. The molecule has 4 rings (SSSR count). The average Bonchev–Trinajstić information content (AvgIpc) is 2.75. The number of nitrogens with zero attached hydrogens (tertiary/aromatic N) is 4. The topological polar surface area (TPSA) is 41.5 Å². The van der Waals surface area contributed by atoms with Crippen LogP contribution in [0.5, 0.6) is 11.6 Å². The van der Waals surface area contributed by atoms with Crippen LogP contribution in [-0.2, 0) is 12.7 Å². The zero-order chi connectivity index (χ0) is 22.7. The van der Waals surface area contributed by atoms with Gasteiger partial charge < -0.3 is 9.64 Å². The van der Waals surface area contributed by atoms with Gasteiger partial charge in [-0.2, -0.15) is 13.2 Å². The molecule has 3 aromatic rings. The normalized spacial score (nSPS) is 17.4. The lowest BCUT2D eigenvalue weighted by Crippen LogP contribution is -2.51. The van der Waals surface area contributed by atoms with E-state index in [4.69, 9.17) is 4.74 Å². The number of ether oxygens (including phenoxy) is 1. The van der Waals surface area contributed by atoms with Crippen molar-refractivity contribution in [2.24, 2.45) is 0 Å². The highest BCUT2D eigenvalue weighted by molar-refractivity contribution is 5.43. The van der Waals surface area contributed by atoms with Gasteiger partial charge in [-0.1, -0.05) is 24.3 Å². The summed E-state index contributed by atoms with van der Waals surface area (Å²) in [5, 5.41) is 0. The standard InChI is InChI=1S/C23H22F4N4O/c1-16-13-31(9-8-30(16)14-17-4-2-5-18(10-17)23(25,26)27)21-12-22(29-15-28-21)32-20-7-3-6-19(24)11-20/h2-7,10-12,15-16H,8-9,13-14H2,1H3. The van der Waals surface area contributed by atoms with Gasteiger partial charge >= 0.3 is 6.18 Å². The number of piperazine rings is 1. The van der Waals surface area contributed by atoms with Crippen LogP contribution in [0.15, 0.2) is 60.9 Å². The first-order valence-corrected chi connectivity index (χ1v) is 10.2. The third-order valence-corrected chi connectivity index (χ3v) is 5.38. The van der Waals surface area contributed by atoms with Crippen LogP contribution in [0.2, 0.25) is 0 Å². The van der Waals surface area contributed by atoms with Gasteiger partial charge in [-0.05, 0) is 30.7 Å². The van der Waals surface area contributed by atoms with Gasteiger partial charge in [0.05, 0.1) is 5.56 Å². The van der Waals surface area contributed by atoms with Gasteiger partial charge in [-0.3, -0.25) is 4.90 Å².